The zero-order valence-corrected chi connectivity index (χ0v) is 19.0. The molecule has 3 aromatic rings. The molecule has 2 aliphatic heterocycles. The Morgan fingerprint density at radius 1 is 0.969 bits per heavy atom. The number of aromatic nitrogens is 3. The number of nitrogens with zero attached hydrogens (tertiary/aromatic N) is 5. The predicted molar refractivity (Wildman–Crippen MR) is 127 cm³/mol. The maximum Gasteiger partial charge on any atom is 0.143 e. The summed E-state index contributed by atoms with van der Waals surface area (Å²) in [5, 5.41) is 4.08. The Morgan fingerprint density at radius 2 is 1.69 bits per heavy atom. The predicted octanol–water partition coefficient (Wildman–Crippen LogP) is 5.12. The van der Waals surface area contributed by atoms with Crippen LogP contribution >= 0.6 is 11.6 Å². The molecule has 0 radical (unpaired) electrons. The topological polar surface area (TPSA) is 57.2 Å². The molecule has 2 saturated heterocycles. The zero-order valence-electron chi connectivity index (χ0n) is 18.3. The van der Waals surface area contributed by atoms with E-state index in [-0.39, 0.29) is 5.02 Å². The van der Waals surface area contributed by atoms with Gasteiger partial charge in [0, 0.05) is 31.0 Å². The highest BCUT2D eigenvalue weighted by atomic mass is 35.5. The summed E-state index contributed by atoms with van der Waals surface area (Å²) in [6.07, 6.45) is 8.49. The largest absolute Gasteiger partial charge is 0.357 e. The number of pyridine rings is 1. The van der Waals surface area contributed by atoms with Gasteiger partial charge in [-0.3, -0.25) is 0 Å². The van der Waals surface area contributed by atoms with Gasteiger partial charge in [-0.25, -0.2) is 19.3 Å². The van der Waals surface area contributed by atoms with Crippen molar-refractivity contribution < 1.29 is 4.39 Å². The van der Waals surface area contributed by atoms with Crippen molar-refractivity contribution in [3.63, 3.8) is 0 Å². The number of hydrogen-bond donors (Lipinski definition) is 1. The molecular weight excluding hydrogens is 427 g/mol. The molecule has 2 aromatic heterocycles. The molecule has 0 spiro atoms. The summed E-state index contributed by atoms with van der Waals surface area (Å²) in [4.78, 5) is 18.3. The standard InChI is InChI=1S/C24H28ClFN6/c1-31-8-4-16(5-9-31)17-6-10-32(11-7-17)23-13-22-19(14-27-23)24(29-15-28-22)30-18-2-3-21(26)20(25)12-18/h2-3,12-17H,4-11H2,1H3,(H,28,29,30). The quantitative estimate of drug-likeness (QED) is 0.590. The molecule has 0 saturated carbocycles. The molecule has 0 amide bonds. The van der Waals surface area contributed by atoms with Crippen molar-refractivity contribution in [3.05, 3.63) is 47.6 Å². The first kappa shape index (κ1) is 21.3. The molecule has 8 heteroatoms. The van der Waals surface area contributed by atoms with E-state index in [1.165, 1.54) is 51.2 Å². The summed E-state index contributed by atoms with van der Waals surface area (Å²) in [6, 6.07) is 6.54. The third-order valence-electron chi connectivity index (χ3n) is 6.98. The molecule has 1 N–H and O–H groups in total. The molecule has 32 heavy (non-hydrogen) atoms. The number of benzene rings is 1. The van der Waals surface area contributed by atoms with Crippen molar-refractivity contribution in [1.82, 2.24) is 19.9 Å². The molecule has 168 valence electrons. The fourth-order valence-corrected chi connectivity index (χ4v) is 5.21. The van der Waals surface area contributed by atoms with E-state index in [9.17, 15) is 4.39 Å². The molecule has 0 aliphatic carbocycles. The average molecular weight is 455 g/mol. The van der Waals surface area contributed by atoms with Gasteiger partial charge in [0.25, 0.3) is 0 Å². The Balaban J connectivity index is 1.28. The Bertz CT molecular complexity index is 1090. The van der Waals surface area contributed by atoms with Crippen LogP contribution in [0.4, 0.5) is 21.7 Å². The Hall–Kier alpha value is -2.51. The van der Waals surface area contributed by atoms with Gasteiger partial charge in [-0.2, -0.15) is 0 Å². The molecule has 6 nitrogen and oxygen atoms in total. The number of nitrogens with one attached hydrogen (secondary N) is 1. The van der Waals surface area contributed by atoms with E-state index >= 15 is 0 Å². The number of halogens is 2. The lowest BCUT2D eigenvalue weighted by molar-refractivity contribution is 0.154. The lowest BCUT2D eigenvalue weighted by Crippen LogP contribution is -2.40. The number of piperidine rings is 2. The maximum absolute atomic E-state index is 13.5. The molecule has 2 fully saturated rings. The second-order valence-corrected chi connectivity index (χ2v) is 9.41. The van der Waals surface area contributed by atoms with Crippen LogP contribution in [0, 0.1) is 17.7 Å². The van der Waals surface area contributed by atoms with Gasteiger partial charge in [-0.05, 0) is 75.9 Å². The van der Waals surface area contributed by atoms with Crippen LogP contribution in [0.2, 0.25) is 5.02 Å². The number of hydrogen-bond acceptors (Lipinski definition) is 6. The monoisotopic (exact) mass is 454 g/mol. The van der Waals surface area contributed by atoms with E-state index in [1.54, 1.807) is 12.1 Å². The normalized spacial score (nSPS) is 18.9. The van der Waals surface area contributed by atoms with E-state index in [2.05, 4.69) is 32.1 Å². The van der Waals surface area contributed by atoms with Crippen molar-refractivity contribution >= 4 is 39.8 Å². The maximum atomic E-state index is 13.5. The lowest BCUT2D eigenvalue weighted by atomic mass is 9.79. The Labute approximate surface area is 192 Å². The van der Waals surface area contributed by atoms with Gasteiger partial charge in [0.15, 0.2) is 0 Å². The van der Waals surface area contributed by atoms with Gasteiger partial charge in [-0.1, -0.05) is 11.6 Å². The summed E-state index contributed by atoms with van der Waals surface area (Å²) in [7, 11) is 2.23. The van der Waals surface area contributed by atoms with Gasteiger partial charge in [0.1, 0.15) is 23.8 Å². The number of anilines is 3. The third-order valence-corrected chi connectivity index (χ3v) is 7.27. The van der Waals surface area contributed by atoms with Gasteiger partial charge in [0.2, 0.25) is 0 Å². The van der Waals surface area contributed by atoms with E-state index in [1.807, 2.05) is 12.3 Å². The average Bonchev–Trinajstić information content (AvgIpc) is 2.82. The van der Waals surface area contributed by atoms with Crippen LogP contribution in [0.1, 0.15) is 25.7 Å². The van der Waals surface area contributed by atoms with Crippen molar-refractivity contribution in [3.8, 4) is 0 Å². The SMILES string of the molecule is CN1CCC(C2CCN(c3cc4ncnc(Nc5ccc(F)c(Cl)c5)c4cn3)CC2)CC1. The van der Waals surface area contributed by atoms with Crippen molar-refractivity contribution in [2.45, 2.75) is 25.7 Å². The molecule has 4 heterocycles. The van der Waals surface area contributed by atoms with Crippen molar-refractivity contribution in [2.24, 2.45) is 11.8 Å². The number of likely N-dealkylation sites (tertiary alicyclic amines) is 1. The smallest absolute Gasteiger partial charge is 0.143 e. The van der Waals surface area contributed by atoms with Gasteiger partial charge >= 0.3 is 0 Å². The second-order valence-electron chi connectivity index (χ2n) is 9.00. The van der Waals surface area contributed by atoms with Crippen LogP contribution in [0.15, 0.2) is 36.8 Å². The van der Waals surface area contributed by atoms with Gasteiger partial charge in [-0.15, -0.1) is 0 Å². The Morgan fingerprint density at radius 3 is 2.41 bits per heavy atom. The highest BCUT2D eigenvalue weighted by molar-refractivity contribution is 6.31. The highest BCUT2D eigenvalue weighted by Gasteiger charge is 2.29. The molecule has 1 aromatic carbocycles. The number of fused-ring (bicyclic) bond motifs is 1. The first-order valence-electron chi connectivity index (χ1n) is 11.3. The molecule has 2 aliphatic rings. The van der Waals surface area contributed by atoms with Crippen molar-refractivity contribution in [1.29, 1.82) is 0 Å². The van der Waals surface area contributed by atoms with Crippen LogP contribution in [0.25, 0.3) is 10.9 Å². The first-order valence-corrected chi connectivity index (χ1v) is 11.7. The molecule has 0 bridgehead atoms. The van der Waals surface area contributed by atoms with Crippen LogP contribution < -0.4 is 10.2 Å². The van der Waals surface area contributed by atoms with Crippen LogP contribution in [-0.2, 0) is 0 Å². The zero-order chi connectivity index (χ0) is 22.1. The fourth-order valence-electron chi connectivity index (χ4n) is 5.02. The summed E-state index contributed by atoms with van der Waals surface area (Å²) in [5.74, 6) is 2.85. The molecular formula is C24H28ClFN6. The summed E-state index contributed by atoms with van der Waals surface area (Å²) >= 11 is 5.90. The third kappa shape index (κ3) is 4.50. The fraction of sp³-hybridized carbons (Fsp3) is 0.458. The van der Waals surface area contributed by atoms with Crippen LogP contribution in [-0.4, -0.2) is 53.1 Å². The second kappa shape index (κ2) is 9.16. The minimum absolute atomic E-state index is 0.0671. The highest BCUT2D eigenvalue weighted by Crippen LogP contribution is 2.34. The molecule has 0 atom stereocenters. The minimum atomic E-state index is -0.448. The summed E-state index contributed by atoms with van der Waals surface area (Å²) in [6.45, 7) is 4.55. The lowest BCUT2D eigenvalue weighted by Gasteiger charge is -2.39. The van der Waals surface area contributed by atoms with Crippen molar-refractivity contribution in [2.75, 3.05) is 43.4 Å². The van der Waals surface area contributed by atoms with Gasteiger partial charge < -0.3 is 15.1 Å². The summed E-state index contributed by atoms with van der Waals surface area (Å²) < 4.78 is 13.5. The molecule has 0 unspecified atom stereocenters. The van der Waals surface area contributed by atoms with E-state index in [0.717, 1.165) is 41.6 Å². The first-order chi connectivity index (χ1) is 15.6. The summed E-state index contributed by atoms with van der Waals surface area (Å²) in [5.41, 5.74) is 1.50. The Kier molecular flexibility index (Phi) is 6.11. The van der Waals surface area contributed by atoms with Gasteiger partial charge in [0.05, 0.1) is 15.9 Å². The number of rotatable bonds is 4. The van der Waals surface area contributed by atoms with Crippen LogP contribution in [0.3, 0.4) is 0 Å². The minimum Gasteiger partial charge on any atom is -0.357 e. The van der Waals surface area contributed by atoms with E-state index in [4.69, 9.17) is 16.6 Å². The van der Waals surface area contributed by atoms with E-state index < -0.39 is 5.82 Å². The molecule has 5 rings (SSSR count). The van der Waals surface area contributed by atoms with Crippen LogP contribution in [0.5, 0.6) is 0 Å². The van der Waals surface area contributed by atoms with E-state index in [0.29, 0.717) is 11.5 Å².